The molecular weight excluding hydrogens is 302 g/mol. The molecule has 0 unspecified atom stereocenters. The molecular formula is C14H15N5O2S. The van der Waals surface area contributed by atoms with Crippen molar-refractivity contribution in [2.45, 2.75) is 22.5 Å². The molecule has 0 amide bonds. The maximum atomic E-state index is 10.7. The molecule has 3 rings (SSSR count). The van der Waals surface area contributed by atoms with Gasteiger partial charge >= 0.3 is 5.69 Å². The highest BCUT2D eigenvalue weighted by Gasteiger charge is 2.43. The van der Waals surface area contributed by atoms with Gasteiger partial charge in [0.15, 0.2) is 0 Å². The molecule has 1 aliphatic rings. The number of rotatable bonds is 6. The van der Waals surface area contributed by atoms with Gasteiger partial charge in [-0.3, -0.25) is 10.1 Å². The van der Waals surface area contributed by atoms with Crippen LogP contribution in [-0.4, -0.2) is 26.2 Å². The van der Waals surface area contributed by atoms with Crippen LogP contribution in [0.4, 0.5) is 17.5 Å². The summed E-state index contributed by atoms with van der Waals surface area (Å²) in [6.45, 7) is 0.698. The molecule has 1 heterocycles. The van der Waals surface area contributed by atoms with Crippen molar-refractivity contribution in [3.63, 3.8) is 0 Å². The fourth-order valence-electron chi connectivity index (χ4n) is 2.05. The van der Waals surface area contributed by atoms with Crippen LogP contribution in [0.2, 0.25) is 0 Å². The second kappa shape index (κ2) is 5.80. The Balaban J connectivity index is 1.63. The van der Waals surface area contributed by atoms with Gasteiger partial charge in [-0.05, 0) is 25.0 Å². The van der Waals surface area contributed by atoms with Crippen LogP contribution in [0.25, 0.3) is 0 Å². The lowest BCUT2D eigenvalue weighted by atomic mass is 10.4. The first kappa shape index (κ1) is 14.6. The summed E-state index contributed by atoms with van der Waals surface area (Å²) < 4.78 is 0.140. The van der Waals surface area contributed by atoms with Crippen LogP contribution in [0.1, 0.15) is 12.8 Å². The van der Waals surface area contributed by atoms with Gasteiger partial charge in [-0.15, -0.1) is 11.8 Å². The highest BCUT2D eigenvalue weighted by atomic mass is 32.2. The molecule has 0 aliphatic heterocycles. The number of nitrogens with one attached hydrogen (secondary N) is 1. The molecule has 114 valence electrons. The van der Waals surface area contributed by atoms with Crippen LogP contribution < -0.4 is 11.1 Å². The number of aromatic nitrogens is 2. The number of hydrogen-bond acceptors (Lipinski definition) is 7. The van der Waals surface area contributed by atoms with E-state index in [4.69, 9.17) is 5.73 Å². The molecule has 0 spiro atoms. The number of nitrogens with two attached hydrogens (primary N) is 1. The van der Waals surface area contributed by atoms with E-state index in [1.165, 1.54) is 4.90 Å². The Labute approximate surface area is 131 Å². The normalized spacial score (nSPS) is 15.3. The van der Waals surface area contributed by atoms with E-state index in [1.54, 1.807) is 0 Å². The second-order valence-electron chi connectivity index (χ2n) is 5.17. The van der Waals surface area contributed by atoms with Crippen molar-refractivity contribution in [1.29, 1.82) is 0 Å². The summed E-state index contributed by atoms with van der Waals surface area (Å²) in [6.07, 6.45) is 3.36. The third-order valence-electron chi connectivity index (χ3n) is 3.45. The van der Waals surface area contributed by atoms with Crippen LogP contribution in [0, 0.1) is 10.1 Å². The largest absolute Gasteiger partial charge is 0.378 e. The zero-order chi connectivity index (χ0) is 15.6. The van der Waals surface area contributed by atoms with Gasteiger partial charge in [-0.1, -0.05) is 18.2 Å². The standard InChI is InChI=1S/C14H15N5O2S/c15-12-11(19(20)21)8-16-13(18-12)17-9-14(6-7-14)22-10-4-2-1-3-5-10/h1-5,8H,6-7,9H2,(H3,15,16,17,18). The van der Waals surface area contributed by atoms with Gasteiger partial charge in [0.2, 0.25) is 11.8 Å². The topological polar surface area (TPSA) is 107 Å². The van der Waals surface area contributed by atoms with E-state index in [0.29, 0.717) is 12.5 Å². The lowest BCUT2D eigenvalue weighted by molar-refractivity contribution is -0.384. The number of nitrogen functional groups attached to an aromatic ring is 1. The Hall–Kier alpha value is -2.35. The maximum absolute atomic E-state index is 10.7. The number of nitrogens with zero attached hydrogens (tertiary/aromatic N) is 3. The van der Waals surface area contributed by atoms with Crippen molar-refractivity contribution < 1.29 is 4.92 Å². The summed E-state index contributed by atoms with van der Waals surface area (Å²) in [5.41, 5.74) is 5.29. The van der Waals surface area contributed by atoms with Crippen molar-refractivity contribution in [1.82, 2.24) is 9.97 Å². The Bertz CT molecular complexity index is 691. The van der Waals surface area contributed by atoms with Crippen LogP contribution in [0.3, 0.4) is 0 Å². The summed E-state index contributed by atoms with van der Waals surface area (Å²) in [4.78, 5) is 19.2. The van der Waals surface area contributed by atoms with Gasteiger partial charge < -0.3 is 11.1 Å². The summed E-state index contributed by atoms with van der Waals surface area (Å²) in [6, 6.07) is 10.2. The predicted molar refractivity (Wildman–Crippen MR) is 85.9 cm³/mol. The predicted octanol–water partition coefficient (Wildman–Crippen LogP) is 2.70. The molecule has 1 fully saturated rings. The van der Waals surface area contributed by atoms with Crippen molar-refractivity contribution in [2.75, 3.05) is 17.6 Å². The first-order valence-electron chi connectivity index (χ1n) is 6.83. The van der Waals surface area contributed by atoms with E-state index >= 15 is 0 Å². The van der Waals surface area contributed by atoms with E-state index in [1.807, 2.05) is 30.0 Å². The monoisotopic (exact) mass is 317 g/mol. The van der Waals surface area contributed by atoms with Crippen LogP contribution >= 0.6 is 11.8 Å². The SMILES string of the molecule is Nc1nc(NCC2(Sc3ccccc3)CC2)ncc1[N+](=O)[O-]. The first-order valence-corrected chi connectivity index (χ1v) is 7.64. The highest BCUT2D eigenvalue weighted by molar-refractivity contribution is 8.01. The fraction of sp³-hybridized carbons (Fsp3) is 0.286. The van der Waals surface area contributed by atoms with Crippen LogP contribution in [-0.2, 0) is 0 Å². The van der Waals surface area contributed by atoms with Gasteiger partial charge in [0.25, 0.3) is 0 Å². The molecule has 1 aliphatic carbocycles. The van der Waals surface area contributed by atoms with Gasteiger partial charge in [0.05, 0.1) is 4.92 Å². The summed E-state index contributed by atoms with van der Waals surface area (Å²) in [7, 11) is 0. The number of thioether (sulfide) groups is 1. The molecule has 2 aromatic rings. The Morgan fingerprint density at radius 2 is 2.09 bits per heavy atom. The molecule has 0 saturated heterocycles. The maximum Gasteiger partial charge on any atom is 0.329 e. The number of anilines is 2. The average molecular weight is 317 g/mol. The minimum Gasteiger partial charge on any atom is -0.378 e. The van der Waals surface area contributed by atoms with Crippen molar-refractivity contribution in [3.05, 3.63) is 46.6 Å². The number of benzene rings is 1. The van der Waals surface area contributed by atoms with E-state index in [0.717, 1.165) is 19.0 Å². The number of hydrogen-bond donors (Lipinski definition) is 2. The highest BCUT2D eigenvalue weighted by Crippen LogP contribution is 2.51. The Morgan fingerprint density at radius 3 is 2.68 bits per heavy atom. The lowest BCUT2D eigenvalue weighted by Crippen LogP contribution is -2.19. The summed E-state index contributed by atoms with van der Waals surface area (Å²) >= 11 is 1.83. The molecule has 22 heavy (non-hydrogen) atoms. The molecule has 1 saturated carbocycles. The van der Waals surface area contributed by atoms with Crippen molar-refractivity contribution in [2.24, 2.45) is 0 Å². The van der Waals surface area contributed by atoms with E-state index in [-0.39, 0.29) is 16.3 Å². The van der Waals surface area contributed by atoms with Crippen LogP contribution in [0.5, 0.6) is 0 Å². The Morgan fingerprint density at radius 1 is 1.36 bits per heavy atom. The molecule has 8 heteroatoms. The van der Waals surface area contributed by atoms with Crippen molar-refractivity contribution >= 4 is 29.2 Å². The average Bonchev–Trinajstić information content (AvgIpc) is 3.26. The quantitative estimate of drug-likeness (QED) is 0.623. The van der Waals surface area contributed by atoms with Gasteiger partial charge in [-0.2, -0.15) is 4.98 Å². The third-order valence-corrected chi connectivity index (χ3v) is 4.94. The Kier molecular flexibility index (Phi) is 3.84. The number of nitro groups is 1. The smallest absolute Gasteiger partial charge is 0.329 e. The second-order valence-corrected chi connectivity index (χ2v) is 6.71. The van der Waals surface area contributed by atoms with Gasteiger partial charge in [0.1, 0.15) is 6.20 Å². The molecule has 3 N–H and O–H groups in total. The molecule has 1 aromatic carbocycles. The minimum absolute atomic E-state index is 0.122. The van der Waals surface area contributed by atoms with E-state index < -0.39 is 4.92 Å². The molecule has 7 nitrogen and oxygen atoms in total. The fourth-order valence-corrected chi connectivity index (χ4v) is 3.29. The van der Waals surface area contributed by atoms with Crippen molar-refractivity contribution in [3.8, 4) is 0 Å². The minimum atomic E-state index is -0.591. The zero-order valence-corrected chi connectivity index (χ0v) is 12.5. The van der Waals surface area contributed by atoms with E-state index in [9.17, 15) is 10.1 Å². The molecule has 0 atom stereocenters. The molecule has 0 bridgehead atoms. The van der Waals surface area contributed by atoms with E-state index in [2.05, 4.69) is 27.4 Å². The lowest BCUT2D eigenvalue weighted by Gasteiger charge is -2.15. The molecule has 0 radical (unpaired) electrons. The summed E-state index contributed by atoms with van der Waals surface area (Å²) in [5.74, 6) is 0.200. The zero-order valence-electron chi connectivity index (χ0n) is 11.7. The summed E-state index contributed by atoms with van der Waals surface area (Å²) in [5, 5.41) is 13.8. The molecule has 1 aromatic heterocycles. The van der Waals surface area contributed by atoms with Gasteiger partial charge in [0, 0.05) is 16.2 Å². The first-order chi connectivity index (χ1) is 10.6. The van der Waals surface area contributed by atoms with Crippen LogP contribution in [0.15, 0.2) is 41.4 Å². The third kappa shape index (κ3) is 3.28. The van der Waals surface area contributed by atoms with Gasteiger partial charge in [-0.25, -0.2) is 4.98 Å².